The van der Waals surface area contributed by atoms with E-state index in [0.717, 1.165) is 43.3 Å². The first-order valence-electron chi connectivity index (χ1n) is 8.35. The van der Waals surface area contributed by atoms with Gasteiger partial charge in [-0.15, -0.1) is 0 Å². The number of para-hydroxylation sites is 1. The average molecular weight is 326 g/mol. The van der Waals surface area contributed by atoms with E-state index in [9.17, 15) is 0 Å². The topological polar surface area (TPSA) is 67.2 Å². The summed E-state index contributed by atoms with van der Waals surface area (Å²) in [7, 11) is 2.13. The van der Waals surface area contributed by atoms with Crippen LogP contribution in [0.2, 0.25) is 0 Å². The fourth-order valence-corrected chi connectivity index (χ4v) is 3.59. The first-order chi connectivity index (χ1) is 11.7. The summed E-state index contributed by atoms with van der Waals surface area (Å²) in [5.74, 6) is 2.20. The van der Waals surface area contributed by atoms with Gasteiger partial charge in [-0.2, -0.15) is 5.10 Å². The van der Waals surface area contributed by atoms with Gasteiger partial charge < -0.3 is 9.15 Å². The highest BCUT2D eigenvalue weighted by Gasteiger charge is 2.32. The zero-order valence-electron chi connectivity index (χ0n) is 14.0. The van der Waals surface area contributed by atoms with Crippen molar-refractivity contribution >= 4 is 11.0 Å². The molecule has 0 spiro atoms. The lowest BCUT2D eigenvalue weighted by Gasteiger charge is -2.23. The Morgan fingerprint density at radius 1 is 1.33 bits per heavy atom. The fourth-order valence-electron chi connectivity index (χ4n) is 3.59. The van der Waals surface area contributed by atoms with Gasteiger partial charge in [0.1, 0.15) is 23.5 Å². The number of aromatic nitrogens is 3. The quantitative estimate of drug-likeness (QED) is 0.781. The molecule has 6 heteroatoms. The summed E-state index contributed by atoms with van der Waals surface area (Å²) in [6, 6.07) is 8.21. The minimum absolute atomic E-state index is 0.140. The van der Waals surface area contributed by atoms with Gasteiger partial charge in [0.15, 0.2) is 0 Å². The zero-order valence-corrected chi connectivity index (χ0v) is 14.0. The van der Waals surface area contributed by atoms with E-state index in [2.05, 4.69) is 39.3 Å². The molecule has 1 aliphatic rings. The highest BCUT2D eigenvalue weighted by Crippen LogP contribution is 2.30. The van der Waals surface area contributed by atoms with Crippen LogP contribution in [0, 0.1) is 6.92 Å². The fraction of sp³-hybridized carbons (Fsp3) is 0.444. The maximum Gasteiger partial charge on any atom is 0.137 e. The molecule has 1 aromatic carbocycles. The molecule has 0 amide bonds. The third-order valence-electron chi connectivity index (χ3n) is 4.81. The summed E-state index contributed by atoms with van der Waals surface area (Å²) in [5.41, 5.74) is 2.21. The van der Waals surface area contributed by atoms with Gasteiger partial charge in [0, 0.05) is 36.6 Å². The van der Waals surface area contributed by atoms with Gasteiger partial charge in [0.25, 0.3) is 0 Å². The monoisotopic (exact) mass is 326 g/mol. The first kappa shape index (κ1) is 15.4. The predicted molar refractivity (Wildman–Crippen MR) is 90.8 cm³/mol. The second-order valence-corrected chi connectivity index (χ2v) is 6.50. The summed E-state index contributed by atoms with van der Waals surface area (Å²) in [4.78, 5) is 6.60. The van der Waals surface area contributed by atoms with E-state index >= 15 is 0 Å². The number of nitrogens with zero attached hydrogens (tertiary/aromatic N) is 3. The number of fused-ring (bicyclic) bond motifs is 1. The minimum atomic E-state index is 0.140. The van der Waals surface area contributed by atoms with Crippen molar-refractivity contribution in [2.75, 3.05) is 20.2 Å². The molecule has 2 aromatic heterocycles. The Morgan fingerprint density at radius 3 is 3.04 bits per heavy atom. The Balaban J connectivity index is 1.48. The number of hydrogen-bond acceptors (Lipinski definition) is 5. The second-order valence-electron chi connectivity index (χ2n) is 6.50. The lowest BCUT2D eigenvalue weighted by Crippen LogP contribution is -2.32. The molecule has 6 nitrogen and oxygen atoms in total. The van der Waals surface area contributed by atoms with E-state index in [4.69, 9.17) is 9.15 Å². The average Bonchev–Trinajstić information content (AvgIpc) is 3.28. The van der Waals surface area contributed by atoms with Crippen molar-refractivity contribution in [2.24, 2.45) is 0 Å². The molecule has 24 heavy (non-hydrogen) atoms. The molecule has 126 valence electrons. The van der Waals surface area contributed by atoms with Crippen LogP contribution in [-0.4, -0.2) is 46.4 Å². The first-order valence-corrected chi connectivity index (χ1v) is 8.35. The summed E-state index contributed by atoms with van der Waals surface area (Å²) >= 11 is 0. The number of rotatable bonds is 5. The van der Waals surface area contributed by atoms with Crippen molar-refractivity contribution in [3.63, 3.8) is 0 Å². The van der Waals surface area contributed by atoms with Crippen LogP contribution in [0.15, 0.2) is 35.0 Å². The summed E-state index contributed by atoms with van der Waals surface area (Å²) in [6.45, 7) is 4.50. The molecule has 0 saturated carbocycles. The number of H-pyrrole nitrogens is 1. The molecule has 1 N–H and O–H groups in total. The molecule has 2 atom stereocenters. The number of benzene rings is 1. The number of hydrogen-bond donors (Lipinski definition) is 1. The Bertz CT molecular complexity index is 812. The molecular formula is C18H22N4O2. The summed E-state index contributed by atoms with van der Waals surface area (Å²) in [6.07, 6.45) is 2.69. The van der Waals surface area contributed by atoms with E-state index in [-0.39, 0.29) is 12.0 Å². The highest BCUT2D eigenvalue weighted by atomic mass is 16.5. The van der Waals surface area contributed by atoms with Crippen molar-refractivity contribution in [3.8, 4) is 0 Å². The van der Waals surface area contributed by atoms with Gasteiger partial charge in [-0.25, -0.2) is 4.98 Å². The van der Waals surface area contributed by atoms with Crippen LogP contribution in [0.1, 0.15) is 29.5 Å². The maximum absolute atomic E-state index is 5.94. The van der Waals surface area contributed by atoms with Crippen LogP contribution in [0.3, 0.4) is 0 Å². The van der Waals surface area contributed by atoms with E-state index in [1.54, 1.807) is 6.33 Å². The van der Waals surface area contributed by atoms with Crippen molar-refractivity contribution in [2.45, 2.75) is 31.9 Å². The molecule has 0 radical (unpaired) electrons. The molecule has 1 aliphatic heterocycles. The van der Waals surface area contributed by atoms with E-state index in [0.29, 0.717) is 0 Å². The number of likely N-dealkylation sites (N-methyl/N-ethyl adjacent to an activating group) is 1. The summed E-state index contributed by atoms with van der Waals surface area (Å²) < 4.78 is 11.8. The molecule has 0 aliphatic carbocycles. The Hall–Kier alpha value is -2.18. The largest absolute Gasteiger partial charge is 0.461 e. The predicted octanol–water partition coefficient (Wildman–Crippen LogP) is 2.86. The maximum atomic E-state index is 5.94. The SMILES string of the molecule is Cc1oc2ccccc2c1CN(C)C[C@H]1OCC[C@H]1c1ncn[nH]1. The van der Waals surface area contributed by atoms with Crippen LogP contribution in [0.4, 0.5) is 0 Å². The van der Waals surface area contributed by atoms with Crippen molar-refractivity contribution in [3.05, 3.63) is 47.7 Å². The lowest BCUT2D eigenvalue weighted by molar-refractivity contribution is 0.0711. The number of furan rings is 1. The summed E-state index contributed by atoms with van der Waals surface area (Å²) in [5, 5.41) is 8.15. The standard InChI is InChI=1S/C18H22N4O2/c1-12-15(13-5-3-4-6-16(13)24-12)9-22(2)10-17-14(7-8-23-17)18-19-11-20-21-18/h3-6,11,14,17H,7-10H2,1-2H3,(H,19,20,21)/t14-,17-/m1/s1. The smallest absolute Gasteiger partial charge is 0.137 e. The zero-order chi connectivity index (χ0) is 16.5. The normalized spacial score (nSPS) is 21.1. The third-order valence-corrected chi connectivity index (χ3v) is 4.81. The molecule has 0 bridgehead atoms. The second kappa shape index (κ2) is 6.37. The third kappa shape index (κ3) is 2.83. The van der Waals surface area contributed by atoms with Gasteiger partial charge in [0.2, 0.25) is 0 Å². The van der Waals surface area contributed by atoms with E-state index < -0.39 is 0 Å². The Morgan fingerprint density at radius 2 is 2.21 bits per heavy atom. The Labute approximate surface area is 140 Å². The van der Waals surface area contributed by atoms with Crippen molar-refractivity contribution in [1.29, 1.82) is 0 Å². The lowest BCUT2D eigenvalue weighted by atomic mass is 10.00. The molecule has 1 saturated heterocycles. The van der Waals surface area contributed by atoms with Gasteiger partial charge in [-0.05, 0) is 26.5 Å². The van der Waals surface area contributed by atoms with E-state index in [1.165, 1.54) is 10.9 Å². The molecule has 4 rings (SSSR count). The van der Waals surface area contributed by atoms with Crippen molar-refractivity contribution in [1.82, 2.24) is 20.1 Å². The molecule has 1 fully saturated rings. The molecule has 3 aromatic rings. The van der Waals surface area contributed by atoms with Crippen LogP contribution >= 0.6 is 0 Å². The van der Waals surface area contributed by atoms with Crippen LogP contribution < -0.4 is 0 Å². The van der Waals surface area contributed by atoms with Gasteiger partial charge in [0.05, 0.1) is 6.10 Å². The molecule has 3 heterocycles. The van der Waals surface area contributed by atoms with Gasteiger partial charge >= 0.3 is 0 Å². The molecule has 0 unspecified atom stereocenters. The minimum Gasteiger partial charge on any atom is -0.461 e. The van der Waals surface area contributed by atoms with Crippen LogP contribution in [0.25, 0.3) is 11.0 Å². The van der Waals surface area contributed by atoms with Gasteiger partial charge in [-0.3, -0.25) is 10.00 Å². The molecular weight excluding hydrogens is 304 g/mol. The Kier molecular flexibility index (Phi) is 4.08. The number of aryl methyl sites for hydroxylation is 1. The highest BCUT2D eigenvalue weighted by molar-refractivity contribution is 5.82. The van der Waals surface area contributed by atoms with Gasteiger partial charge in [-0.1, -0.05) is 18.2 Å². The van der Waals surface area contributed by atoms with E-state index in [1.807, 2.05) is 19.1 Å². The number of ether oxygens (including phenoxy) is 1. The van der Waals surface area contributed by atoms with Crippen LogP contribution in [0.5, 0.6) is 0 Å². The number of nitrogens with one attached hydrogen (secondary N) is 1. The van der Waals surface area contributed by atoms with Crippen molar-refractivity contribution < 1.29 is 9.15 Å². The van der Waals surface area contributed by atoms with Crippen LogP contribution in [-0.2, 0) is 11.3 Å². The number of aromatic amines is 1.